The molecule has 0 fully saturated rings. The van der Waals surface area contributed by atoms with E-state index in [-0.39, 0.29) is 0 Å². The first-order chi connectivity index (χ1) is 16.1. The van der Waals surface area contributed by atoms with Gasteiger partial charge in [0.2, 0.25) is 9.84 Å². The van der Waals surface area contributed by atoms with Crippen molar-refractivity contribution in [1.29, 1.82) is 0 Å². The van der Waals surface area contributed by atoms with Crippen molar-refractivity contribution in [3.8, 4) is 0 Å². The maximum atomic E-state index is 13.5. The highest BCUT2D eigenvalue weighted by atomic mass is 32.2. The molecule has 4 aromatic rings. The predicted molar refractivity (Wildman–Crippen MR) is 142 cm³/mol. The van der Waals surface area contributed by atoms with E-state index in [9.17, 15) is 8.42 Å². The number of hydrogen-bond donors (Lipinski definition) is 0. The third-order valence-corrected chi connectivity index (χ3v) is 13.1. The van der Waals surface area contributed by atoms with Crippen molar-refractivity contribution >= 4 is 45.3 Å². The van der Waals surface area contributed by atoms with Crippen LogP contribution in [0, 0.1) is 0 Å². The average Bonchev–Trinajstić information content (AvgIpc) is 2.83. The van der Waals surface area contributed by atoms with Gasteiger partial charge in [-0.25, -0.2) is 8.42 Å². The first-order valence-corrected chi connectivity index (χ1v) is 16.1. The molecular formula is C29H27NO2SSi. The molecule has 0 unspecified atom stereocenters. The molecule has 2 heterocycles. The lowest BCUT2D eigenvalue weighted by molar-refractivity contribution is 0.555. The van der Waals surface area contributed by atoms with Crippen molar-refractivity contribution < 1.29 is 8.42 Å². The minimum Gasteiger partial charge on any atom is -0.311 e. The highest BCUT2D eigenvalue weighted by Crippen LogP contribution is 2.48. The van der Waals surface area contributed by atoms with Crippen LogP contribution in [-0.2, 0) is 15.3 Å². The van der Waals surface area contributed by atoms with Gasteiger partial charge in [-0.15, -0.1) is 0 Å². The Bertz CT molecular complexity index is 1540. The molecule has 0 saturated heterocycles. The van der Waals surface area contributed by atoms with Gasteiger partial charge in [0.05, 0.1) is 9.79 Å². The van der Waals surface area contributed by atoms with Crippen LogP contribution in [0.4, 0.5) is 17.1 Å². The molecule has 0 saturated carbocycles. The average molecular weight is 482 g/mol. The molecular weight excluding hydrogens is 454 g/mol. The third-order valence-electron chi connectivity index (χ3n) is 7.67. The standard InChI is InChI=1S/C29H27NO2SSi/c1-29(2)21-11-5-8-14-25(21)33(31,32)26-18-17-20(19-22(26)29)30-23-12-6-9-15-27(23)34(3,4)28-16-10-7-13-24(28)30/h5-19H,1-4H3. The van der Waals surface area contributed by atoms with E-state index in [4.69, 9.17) is 0 Å². The molecule has 2 aliphatic rings. The number of nitrogens with zero attached hydrogens (tertiary/aromatic N) is 1. The highest BCUT2D eigenvalue weighted by Gasteiger charge is 2.42. The Hall–Kier alpha value is -3.15. The second-order valence-electron chi connectivity index (χ2n) is 10.3. The fraction of sp³-hybridized carbons (Fsp3) is 0.172. The maximum Gasteiger partial charge on any atom is 0.207 e. The summed E-state index contributed by atoms with van der Waals surface area (Å²) < 4.78 is 27.1. The van der Waals surface area contributed by atoms with Crippen LogP contribution in [0.1, 0.15) is 25.0 Å². The molecule has 170 valence electrons. The van der Waals surface area contributed by atoms with Crippen LogP contribution in [0.2, 0.25) is 13.1 Å². The number of hydrogen-bond acceptors (Lipinski definition) is 3. The monoisotopic (exact) mass is 481 g/mol. The summed E-state index contributed by atoms with van der Waals surface area (Å²) in [6, 6.07) is 30.6. The zero-order chi connectivity index (χ0) is 23.9. The van der Waals surface area contributed by atoms with Gasteiger partial charge in [0, 0.05) is 22.5 Å². The van der Waals surface area contributed by atoms with Gasteiger partial charge < -0.3 is 4.90 Å². The summed E-state index contributed by atoms with van der Waals surface area (Å²) >= 11 is 0. The number of para-hydroxylation sites is 2. The molecule has 0 aliphatic carbocycles. The molecule has 2 aliphatic heterocycles. The van der Waals surface area contributed by atoms with Gasteiger partial charge in [0.15, 0.2) is 0 Å². The smallest absolute Gasteiger partial charge is 0.207 e. The zero-order valence-electron chi connectivity index (χ0n) is 19.8. The van der Waals surface area contributed by atoms with Crippen LogP contribution >= 0.6 is 0 Å². The Kier molecular flexibility index (Phi) is 4.36. The Morgan fingerprint density at radius 3 is 1.85 bits per heavy atom. The Morgan fingerprint density at radius 2 is 1.21 bits per heavy atom. The van der Waals surface area contributed by atoms with E-state index in [0.29, 0.717) is 9.79 Å². The molecule has 6 rings (SSSR count). The lowest BCUT2D eigenvalue weighted by Crippen LogP contribution is -2.58. The summed E-state index contributed by atoms with van der Waals surface area (Å²) in [5.41, 5.74) is 4.64. The molecule has 0 aromatic heterocycles. The fourth-order valence-corrected chi connectivity index (χ4v) is 10.8. The van der Waals surface area contributed by atoms with Crippen molar-refractivity contribution in [3.05, 3.63) is 102 Å². The normalized spacial score (nSPS) is 18.3. The Balaban J connectivity index is 1.63. The molecule has 0 amide bonds. The van der Waals surface area contributed by atoms with Crippen molar-refractivity contribution in [2.24, 2.45) is 0 Å². The molecule has 0 atom stereocenters. The first kappa shape index (κ1) is 21.4. The van der Waals surface area contributed by atoms with Crippen LogP contribution < -0.4 is 15.3 Å². The molecule has 0 bridgehead atoms. The lowest BCUT2D eigenvalue weighted by Gasteiger charge is -2.42. The van der Waals surface area contributed by atoms with Crippen LogP contribution in [0.5, 0.6) is 0 Å². The van der Waals surface area contributed by atoms with Crippen molar-refractivity contribution in [2.45, 2.75) is 42.1 Å². The van der Waals surface area contributed by atoms with E-state index < -0.39 is 23.3 Å². The van der Waals surface area contributed by atoms with E-state index in [0.717, 1.165) is 16.8 Å². The number of fused-ring (bicyclic) bond motifs is 4. The largest absolute Gasteiger partial charge is 0.311 e. The quantitative estimate of drug-likeness (QED) is 0.324. The van der Waals surface area contributed by atoms with Gasteiger partial charge in [-0.3, -0.25) is 0 Å². The fourth-order valence-electron chi connectivity index (χ4n) is 5.81. The summed E-state index contributed by atoms with van der Waals surface area (Å²) in [5.74, 6) is 0. The van der Waals surface area contributed by atoms with E-state index in [1.165, 1.54) is 21.7 Å². The SMILES string of the molecule is CC1(C)c2ccccc2S(=O)(=O)c2ccc(N3c4ccccc4[Si](C)(C)c4ccccc43)cc21. The van der Waals surface area contributed by atoms with Crippen LogP contribution in [-0.4, -0.2) is 16.5 Å². The number of sulfone groups is 1. The first-order valence-electron chi connectivity index (χ1n) is 11.6. The number of rotatable bonds is 1. The molecule has 0 N–H and O–H groups in total. The van der Waals surface area contributed by atoms with Crippen LogP contribution in [0.3, 0.4) is 0 Å². The molecule has 5 heteroatoms. The highest BCUT2D eigenvalue weighted by molar-refractivity contribution is 7.91. The minimum atomic E-state index is -3.57. The van der Waals surface area contributed by atoms with E-state index in [2.05, 4.69) is 86.4 Å². The van der Waals surface area contributed by atoms with Crippen molar-refractivity contribution in [1.82, 2.24) is 0 Å². The number of benzene rings is 4. The molecule has 4 aromatic carbocycles. The van der Waals surface area contributed by atoms with Gasteiger partial charge in [0.1, 0.15) is 8.07 Å². The summed E-state index contributed by atoms with van der Waals surface area (Å²) in [6.45, 7) is 9.05. The summed E-state index contributed by atoms with van der Waals surface area (Å²) in [6.07, 6.45) is 0. The van der Waals surface area contributed by atoms with Gasteiger partial charge >= 0.3 is 0 Å². The molecule has 0 radical (unpaired) electrons. The van der Waals surface area contributed by atoms with E-state index in [1.807, 2.05) is 18.2 Å². The second kappa shape index (κ2) is 6.93. The van der Waals surface area contributed by atoms with E-state index in [1.54, 1.807) is 18.2 Å². The minimum absolute atomic E-state index is 0.410. The van der Waals surface area contributed by atoms with Gasteiger partial charge in [-0.2, -0.15) is 0 Å². The molecule has 34 heavy (non-hydrogen) atoms. The van der Waals surface area contributed by atoms with Crippen LogP contribution in [0.25, 0.3) is 0 Å². The predicted octanol–water partition coefficient (Wildman–Crippen LogP) is 5.76. The van der Waals surface area contributed by atoms with Gasteiger partial charge in [-0.1, -0.05) is 81.5 Å². The van der Waals surface area contributed by atoms with Gasteiger partial charge in [-0.05, 0) is 57.9 Å². The Labute approximate surface area is 202 Å². The zero-order valence-corrected chi connectivity index (χ0v) is 21.6. The van der Waals surface area contributed by atoms with Crippen LogP contribution in [0.15, 0.2) is 101 Å². The maximum absolute atomic E-state index is 13.5. The lowest BCUT2D eigenvalue weighted by atomic mass is 9.77. The molecule has 3 nitrogen and oxygen atoms in total. The number of anilines is 3. The molecule has 0 spiro atoms. The topological polar surface area (TPSA) is 37.4 Å². The van der Waals surface area contributed by atoms with Crippen molar-refractivity contribution in [3.63, 3.8) is 0 Å². The third kappa shape index (κ3) is 2.71. The van der Waals surface area contributed by atoms with Gasteiger partial charge in [0.25, 0.3) is 0 Å². The van der Waals surface area contributed by atoms with Crippen molar-refractivity contribution in [2.75, 3.05) is 4.90 Å². The summed E-state index contributed by atoms with van der Waals surface area (Å²) in [4.78, 5) is 3.14. The van der Waals surface area contributed by atoms with E-state index >= 15 is 0 Å². The Morgan fingerprint density at radius 1 is 0.676 bits per heavy atom. The second-order valence-corrected chi connectivity index (χ2v) is 16.5. The summed E-state index contributed by atoms with van der Waals surface area (Å²) in [5, 5.41) is 2.78. The summed E-state index contributed by atoms with van der Waals surface area (Å²) in [7, 11) is -5.44.